The van der Waals surface area contributed by atoms with Gasteiger partial charge in [-0.3, -0.25) is 19.2 Å². The molecular weight excluding hydrogens is 573 g/mol. The Morgan fingerprint density at radius 1 is 1.06 bits per heavy atom. The number of hydrogen-bond acceptors (Lipinski definition) is 6. The van der Waals surface area contributed by atoms with E-state index >= 15 is 0 Å². The molecule has 3 aromatic rings. The van der Waals surface area contributed by atoms with E-state index in [0.717, 1.165) is 19.5 Å². The van der Waals surface area contributed by atoms with E-state index in [1.54, 1.807) is 18.2 Å². The summed E-state index contributed by atoms with van der Waals surface area (Å²) in [5.74, 6) is -0.0589. The maximum atomic E-state index is 13.6. The fourth-order valence-corrected chi connectivity index (χ4v) is 5.31. The Kier molecular flexibility index (Phi) is 7.77. The number of halogens is 1. The van der Waals surface area contributed by atoms with Gasteiger partial charge in [-0.15, -0.1) is 0 Å². The molecule has 178 valence electrons. The minimum Gasteiger partial charge on any atom is -0.497 e. The van der Waals surface area contributed by atoms with Crippen molar-refractivity contribution >= 4 is 55.6 Å². The number of nitrogens with zero attached hydrogens (tertiary/aromatic N) is 2. The topological polar surface area (TPSA) is 119 Å². The van der Waals surface area contributed by atoms with Gasteiger partial charge in [-0.2, -0.15) is 0 Å². The molecule has 0 aliphatic heterocycles. The monoisotopic (exact) mass is 595 g/mol. The van der Waals surface area contributed by atoms with Gasteiger partial charge in [0.15, 0.2) is 0 Å². The second-order valence-corrected chi connectivity index (χ2v) is 10.5. The Bertz CT molecular complexity index is 1340. The van der Waals surface area contributed by atoms with E-state index in [-0.39, 0.29) is 16.3 Å². The third-order valence-electron chi connectivity index (χ3n) is 5.08. The van der Waals surface area contributed by atoms with E-state index in [9.17, 15) is 23.3 Å². The summed E-state index contributed by atoms with van der Waals surface area (Å²) < 4.78 is 34.2. The summed E-state index contributed by atoms with van der Waals surface area (Å²) in [6.45, 7) is 2.82. The van der Waals surface area contributed by atoms with E-state index < -0.39 is 27.4 Å². The summed E-state index contributed by atoms with van der Waals surface area (Å²) in [7, 11) is -2.85. The number of carbonyl (C=O) groups is 1. The maximum absolute atomic E-state index is 13.6. The summed E-state index contributed by atoms with van der Waals surface area (Å²) in [6.07, 6.45) is 0. The summed E-state index contributed by atoms with van der Waals surface area (Å²) in [5.41, 5.74) is 1.59. The van der Waals surface area contributed by atoms with Crippen LogP contribution in [-0.4, -0.2) is 32.9 Å². The van der Waals surface area contributed by atoms with Crippen LogP contribution < -0.4 is 14.4 Å². The number of ether oxygens (including phenoxy) is 1. The normalized spacial score (nSPS) is 11.1. The highest BCUT2D eigenvalue weighted by Gasteiger charge is 2.29. The highest BCUT2D eigenvalue weighted by Crippen LogP contribution is 2.29. The molecule has 0 atom stereocenters. The molecule has 1 amide bonds. The van der Waals surface area contributed by atoms with Crippen molar-refractivity contribution in [1.82, 2.24) is 0 Å². The average Bonchev–Trinajstić information content (AvgIpc) is 2.79. The predicted molar refractivity (Wildman–Crippen MR) is 138 cm³/mol. The Balaban J connectivity index is 2.02. The Labute approximate surface area is 211 Å². The number of aryl methyl sites for hydroxylation is 2. The van der Waals surface area contributed by atoms with Gasteiger partial charge in [0.05, 0.1) is 22.6 Å². The lowest BCUT2D eigenvalue weighted by Gasteiger charge is -2.24. The second-order valence-electron chi connectivity index (χ2n) is 7.42. The number of hydrogen-bond donors (Lipinski definition) is 1. The molecule has 0 saturated carbocycles. The van der Waals surface area contributed by atoms with Crippen LogP contribution in [0.1, 0.15) is 11.1 Å². The zero-order valence-corrected chi connectivity index (χ0v) is 21.6. The van der Waals surface area contributed by atoms with Crippen molar-refractivity contribution in [2.75, 3.05) is 23.3 Å². The summed E-state index contributed by atoms with van der Waals surface area (Å²) >= 11 is 2.16. The number of methoxy groups -OCH3 is 1. The van der Waals surface area contributed by atoms with Crippen LogP contribution in [0.5, 0.6) is 5.75 Å². The molecule has 0 aliphatic rings. The van der Waals surface area contributed by atoms with Crippen LogP contribution >= 0.6 is 22.6 Å². The van der Waals surface area contributed by atoms with Gasteiger partial charge in [-0.25, -0.2) is 8.42 Å². The van der Waals surface area contributed by atoms with Crippen LogP contribution in [0.2, 0.25) is 0 Å². The van der Waals surface area contributed by atoms with Gasteiger partial charge in [-0.1, -0.05) is 6.07 Å². The molecule has 0 bridgehead atoms. The lowest BCUT2D eigenvalue weighted by Crippen LogP contribution is -2.38. The lowest BCUT2D eigenvalue weighted by atomic mass is 10.2. The average molecular weight is 595 g/mol. The van der Waals surface area contributed by atoms with Crippen molar-refractivity contribution in [2.24, 2.45) is 0 Å². The molecule has 0 heterocycles. The number of nitro groups is 1. The van der Waals surface area contributed by atoms with Gasteiger partial charge in [0.25, 0.3) is 15.7 Å². The number of nitro benzene ring substituents is 1. The molecule has 0 radical (unpaired) electrons. The number of nitrogens with one attached hydrogen (secondary N) is 1. The fourth-order valence-electron chi connectivity index (χ4n) is 3.22. The molecule has 34 heavy (non-hydrogen) atoms. The molecule has 0 saturated heterocycles. The molecule has 0 fully saturated rings. The number of carbonyl (C=O) groups excluding carboxylic acids is 1. The van der Waals surface area contributed by atoms with Gasteiger partial charge in [-0.05, 0) is 90.5 Å². The van der Waals surface area contributed by atoms with Crippen LogP contribution in [0.4, 0.5) is 17.1 Å². The first-order chi connectivity index (χ1) is 16.0. The largest absolute Gasteiger partial charge is 0.497 e. The Morgan fingerprint density at radius 2 is 1.74 bits per heavy atom. The SMILES string of the molecule is COc1ccc(N(CC(=O)Nc2ccc(I)cc2C)S(=O)(=O)c2ccc(C)c([N+](=O)[O-])c2)cc1. The van der Waals surface area contributed by atoms with Crippen LogP contribution in [0, 0.1) is 27.5 Å². The van der Waals surface area contributed by atoms with Crippen molar-refractivity contribution in [2.45, 2.75) is 18.7 Å². The number of amides is 1. The third kappa shape index (κ3) is 5.65. The third-order valence-corrected chi connectivity index (χ3v) is 7.52. The molecule has 0 unspecified atom stereocenters. The molecule has 3 rings (SSSR count). The standard InChI is InChI=1S/C23H22IN3O6S/c1-15-4-10-20(13-22(15)27(29)30)34(31,32)26(18-6-8-19(33-3)9-7-18)14-23(28)25-21-11-5-17(24)12-16(21)2/h4-13H,14H2,1-3H3,(H,25,28). The first-order valence-electron chi connectivity index (χ1n) is 10.0. The molecule has 0 spiro atoms. The summed E-state index contributed by atoms with van der Waals surface area (Å²) in [6, 6.07) is 15.2. The van der Waals surface area contributed by atoms with E-state index in [1.807, 2.05) is 19.1 Å². The lowest BCUT2D eigenvalue weighted by molar-refractivity contribution is -0.385. The molecule has 9 nitrogen and oxygen atoms in total. The number of rotatable bonds is 8. The van der Waals surface area contributed by atoms with Gasteiger partial charge >= 0.3 is 0 Å². The predicted octanol–water partition coefficient (Wildman–Crippen LogP) is 4.66. The molecule has 0 aliphatic carbocycles. The quantitative estimate of drug-likeness (QED) is 0.230. The molecule has 1 N–H and O–H groups in total. The number of benzene rings is 3. The van der Waals surface area contributed by atoms with Crippen molar-refractivity contribution in [3.63, 3.8) is 0 Å². The Morgan fingerprint density at radius 3 is 2.32 bits per heavy atom. The molecule has 3 aromatic carbocycles. The van der Waals surface area contributed by atoms with Crippen molar-refractivity contribution in [1.29, 1.82) is 0 Å². The van der Waals surface area contributed by atoms with Gasteiger partial charge in [0, 0.05) is 20.9 Å². The van der Waals surface area contributed by atoms with Gasteiger partial charge in [0.1, 0.15) is 12.3 Å². The van der Waals surface area contributed by atoms with Crippen LogP contribution in [-0.2, 0) is 14.8 Å². The van der Waals surface area contributed by atoms with Crippen molar-refractivity contribution in [3.05, 3.63) is 85.5 Å². The summed E-state index contributed by atoms with van der Waals surface area (Å²) in [4.78, 5) is 23.3. The molecule has 0 aromatic heterocycles. The molecular formula is C23H22IN3O6S. The maximum Gasteiger partial charge on any atom is 0.273 e. The minimum atomic E-state index is -4.32. The first kappa shape index (κ1) is 25.4. The van der Waals surface area contributed by atoms with Gasteiger partial charge < -0.3 is 10.1 Å². The highest BCUT2D eigenvalue weighted by atomic mass is 127. The van der Waals surface area contributed by atoms with E-state index in [0.29, 0.717) is 17.0 Å². The van der Waals surface area contributed by atoms with E-state index in [4.69, 9.17) is 4.74 Å². The van der Waals surface area contributed by atoms with Crippen LogP contribution in [0.3, 0.4) is 0 Å². The highest BCUT2D eigenvalue weighted by molar-refractivity contribution is 14.1. The van der Waals surface area contributed by atoms with Crippen molar-refractivity contribution < 1.29 is 22.9 Å². The van der Waals surface area contributed by atoms with Crippen LogP contribution in [0.15, 0.2) is 65.6 Å². The van der Waals surface area contributed by atoms with E-state index in [1.165, 1.54) is 38.3 Å². The van der Waals surface area contributed by atoms with Gasteiger partial charge in [0.2, 0.25) is 5.91 Å². The molecule has 11 heteroatoms. The first-order valence-corrected chi connectivity index (χ1v) is 12.5. The van der Waals surface area contributed by atoms with Crippen LogP contribution in [0.25, 0.3) is 0 Å². The van der Waals surface area contributed by atoms with E-state index in [2.05, 4.69) is 27.9 Å². The minimum absolute atomic E-state index is 0.207. The summed E-state index contributed by atoms with van der Waals surface area (Å²) in [5, 5.41) is 14.1. The fraction of sp³-hybridized carbons (Fsp3) is 0.174. The zero-order valence-electron chi connectivity index (χ0n) is 18.6. The van der Waals surface area contributed by atoms with Crippen molar-refractivity contribution in [3.8, 4) is 5.75 Å². The second kappa shape index (κ2) is 10.4. The zero-order chi connectivity index (χ0) is 25.0. The smallest absolute Gasteiger partial charge is 0.273 e. The number of sulfonamides is 1. The number of anilines is 2. The Hall–Kier alpha value is -3.19.